The van der Waals surface area contributed by atoms with Crippen LogP contribution in [0.1, 0.15) is 42.5 Å². The zero-order valence-electron chi connectivity index (χ0n) is 14.2. The second kappa shape index (κ2) is 6.10. The zero-order chi connectivity index (χ0) is 17.4. The number of fused-ring (bicyclic) bond motifs is 1. The predicted octanol–water partition coefficient (Wildman–Crippen LogP) is 3.38. The molecule has 1 amide bonds. The highest BCUT2D eigenvalue weighted by Crippen LogP contribution is 2.42. The molecule has 4 rings (SSSR count). The Hall–Kier alpha value is -2.49. The standard InChI is InChI=1S/C21H21NO3/c23-18-12-19(24)14-21(13-18)7-9-22(10-8-21)20(25)17-6-5-15-3-1-2-4-16(15)11-17/h1-6,11H,7-10,12-14H2. The lowest BCUT2D eigenvalue weighted by atomic mass is 9.67. The lowest BCUT2D eigenvalue weighted by molar-refractivity contribution is -0.135. The molecule has 25 heavy (non-hydrogen) atoms. The Labute approximate surface area is 146 Å². The van der Waals surface area contributed by atoms with E-state index >= 15 is 0 Å². The highest BCUT2D eigenvalue weighted by atomic mass is 16.2. The van der Waals surface area contributed by atoms with Crippen LogP contribution in [0.25, 0.3) is 10.8 Å². The quantitative estimate of drug-likeness (QED) is 0.751. The number of hydrogen-bond acceptors (Lipinski definition) is 3. The molecule has 0 radical (unpaired) electrons. The van der Waals surface area contributed by atoms with Crippen molar-refractivity contribution in [3.05, 3.63) is 48.0 Å². The fourth-order valence-electron chi connectivity index (χ4n) is 4.29. The Morgan fingerprint density at radius 3 is 2.20 bits per heavy atom. The van der Waals surface area contributed by atoms with Crippen LogP contribution in [-0.2, 0) is 9.59 Å². The van der Waals surface area contributed by atoms with E-state index in [1.165, 1.54) is 0 Å². The van der Waals surface area contributed by atoms with E-state index in [4.69, 9.17) is 0 Å². The molecule has 0 aromatic heterocycles. The molecule has 1 heterocycles. The van der Waals surface area contributed by atoms with Gasteiger partial charge < -0.3 is 4.90 Å². The molecule has 0 bridgehead atoms. The first-order valence-electron chi connectivity index (χ1n) is 8.86. The molecule has 128 valence electrons. The van der Waals surface area contributed by atoms with Crippen LogP contribution in [0.15, 0.2) is 42.5 Å². The van der Waals surface area contributed by atoms with Gasteiger partial charge in [0.1, 0.15) is 11.6 Å². The fraction of sp³-hybridized carbons (Fsp3) is 0.381. The minimum Gasteiger partial charge on any atom is -0.339 e. The van der Waals surface area contributed by atoms with Gasteiger partial charge in [-0.15, -0.1) is 0 Å². The van der Waals surface area contributed by atoms with Crippen LogP contribution in [0.3, 0.4) is 0 Å². The average molecular weight is 335 g/mol. The summed E-state index contributed by atoms with van der Waals surface area (Å²) in [5.41, 5.74) is 0.498. The third kappa shape index (κ3) is 3.09. The summed E-state index contributed by atoms with van der Waals surface area (Å²) in [5, 5.41) is 2.18. The number of ketones is 2. The molecule has 1 spiro atoms. The minimum absolute atomic E-state index is 0.0362. The monoisotopic (exact) mass is 335 g/mol. The van der Waals surface area contributed by atoms with Gasteiger partial charge in [0.15, 0.2) is 0 Å². The first kappa shape index (κ1) is 16.0. The number of amides is 1. The van der Waals surface area contributed by atoms with Crippen LogP contribution in [-0.4, -0.2) is 35.5 Å². The van der Waals surface area contributed by atoms with Crippen LogP contribution in [0.5, 0.6) is 0 Å². The Morgan fingerprint density at radius 1 is 0.880 bits per heavy atom. The molecule has 0 N–H and O–H groups in total. The number of hydrogen-bond donors (Lipinski definition) is 0. The number of piperidine rings is 1. The number of benzene rings is 2. The number of likely N-dealkylation sites (tertiary alicyclic amines) is 1. The smallest absolute Gasteiger partial charge is 0.253 e. The highest BCUT2D eigenvalue weighted by Gasteiger charge is 2.42. The van der Waals surface area contributed by atoms with Crippen molar-refractivity contribution >= 4 is 28.2 Å². The molecule has 4 heteroatoms. The molecule has 4 nitrogen and oxygen atoms in total. The molecule has 2 aliphatic rings. The van der Waals surface area contributed by atoms with Crippen LogP contribution >= 0.6 is 0 Å². The summed E-state index contributed by atoms with van der Waals surface area (Å²) in [6, 6.07) is 13.8. The van der Waals surface area contributed by atoms with Crippen molar-refractivity contribution in [2.24, 2.45) is 5.41 Å². The van der Waals surface area contributed by atoms with Crippen molar-refractivity contribution < 1.29 is 14.4 Å². The molecule has 1 saturated carbocycles. The second-order valence-electron chi connectivity index (χ2n) is 7.46. The van der Waals surface area contributed by atoms with Gasteiger partial charge in [0.2, 0.25) is 0 Å². The maximum Gasteiger partial charge on any atom is 0.253 e. The van der Waals surface area contributed by atoms with Crippen molar-refractivity contribution in [1.29, 1.82) is 0 Å². The first-order valence-corrected chi connectivity index (χ1v) is 8.86. The maximum absolute atomic E-state index is 12.8. The predicted molar refractivity (Wildman–Crippen MR) is 95.4 cm³/mol. The number of carbonyl (C=O) groups is 3. The molecule has 1 saturated heterocycles. The van der Waals surface area contributed by atoms with E-state index in [9.17, 15) is 14.4 Å². The van der Waals surface area contributed by atoms with Gasteiger partial charge >= 0.3 is 0 Å². The van der Waals surface area contributed by atoms with E-state index in [0.717, 1.165) is 23.6 Å². The van der Waals surface area contributed by atoms with Gasteiger partial charge in [0.25, 0.3) is 5.91 Å². The highest BCUT2D eigenvalue weighted by molar-refractivity contribution is 6.02. The molecule has 0 unspecified atom stereocenters. The van der Waals surface area contributed by atoms with Gasteiger partial charge in [-0.05, 0) is 41.2 Å². The molecule has 1 aliphatic heterocycles. The topological polar surface area (TPSA) is 54.5 Å². The van der Waals surface area contributed by atoms with E-state index < -0.39 is 0 Å². The Kier molecular flexibility index (Phi) is 3.91. The molecular weight excluding hydrogens is 314 g/mol. The van der Waals surface area contributed by atoms with Crippen LogP contribution in [0.2, 0.25) is 0 Å². The summed E-state index contributed by atoms with van der Waals surface area (Å²) in [6.07, 6.45) is 2.57. The van der Waals surface area contributed by atoms with Crippen LogP contribution < -0.4 is 0 Å². The van der Waals surface area contributed by atoms with Crippen LogP contribution in [0.4, 0.5) is 0 Å². The summed E-state index contributed by atoms with van der Waals surface area (Å²) in [5.74, 6) is 0.158. The fourth-order valence-corrected chi connectivity index (χ4v) is 4.29. The van der Waals surface area contributed by atoms with Crippen molar-refractivity contribution in [2.45, 2.75) is 32.1 Å². The minimum atomic E-state index is -0.202. The number of carbonyl (C=O) groups excluding carboxylic acids is 3. The average Bonchev–Trinajstić information content (AvgIpc) is 2.60. The van der Waals surface area contributed by atoms with Gasteiger partial charge in [-0.1, -0.05) is 30.3 Å². The van der Waals surface area contributed by atoms with E-state index in [2.05, 4.69) is 0 Å². The van der Waals surface area contributed by atoms with E-state index in [-0.39, 0.29) is 29.3 Å². The SMILES string of the molecule is O=C1CC(=O)CC2(CCN(C(=O)c3ccc4ccccc4c3)CC2)C1. The van der Waals surface area contributed by atoms with Crippen molar-refractivity contribution in [1.82, 2.24) is 4.90 Å². The first-order chi connectivity index (χ1) is 12.0. The van der Waals surface area contributed by atoms with Gasteiger partial charge in [-0.2, -0.15) is 0 Å². The number of Topliss-reactive ketones (excluding diaryl/α,β-unsaturated/α-hetero) is 2. The second-order valence-corrected chi connectivity index (χ2v) is 7.46. The number of rotatable bonds is 1. The van der Waals surface area contributed by atoms with Crippen LogP contribution in [0, 0.1) is 5.41 Å². The third-order valence-corrected chi connectivity index (χ3v) is 5.65. The normalized spacial score (nSPS) is 20.2. The van der Waals surface area contributed by atoms with Gasteiger partial charge in [-0.3, -0.25) is 14.4 Å². The third-order valence-electron chi connectivity index (χ3n) is 5.65. The summed E-state index contributed by atoms with van der Waals surface area (Å²) >= 11 is 0. The van der Waals surface area contributed by atoms with Crippen molar-refractivity contribution in [2.75, 3.05) is 13.1 Å². The van der Waals surface area contributed by atoms with Gasteiger partial charge in [0, 0.05) is 31.5 Å². The summed E-state index contributed by atoms with van der Waals surface area (Å²) in [6.45, 7) is 1.23. The lowest BCUT2D eigenvalue weighted by Gasteiger charge is -2.43. The molecule has 1 aliphatic carbocycles. The molecule has 0 atom stereocenters. The summed E-state index contributed by atoms with van der Waals surface area (Å²) < 4.78 is 0. The summed E-state index contributed by atoms with van der Waals surface area (Å²) in [4.78, 5) is 38.3. The maximum atomic E-state index is 12.8. The molecule has 2 fully saturated rings. The zero-order valence-corrected chi connectivity index (χ0v) is 14.2. The summed E-state index contributed by atoms with van der Waals surface area (Å²) in [7, 11) is 0. The van der Waals surface area contributed by atoms with Gasteiger partial charge in [0.05, 0.1) is 6.42 Å². The Bertz CT molecular complexity index is 844. The van der Waals surface area contributed by atoms with E-state index in [1.54, 1.807) is 0 Å². The molecule has 2 aromatic rings. The van der Waals surface area contributed by atoms with Crippen molar-refractivity contribution in [3.63, 3.8) is 0 Å². The van der Waals surface area contributed by atoms with E-state index in [1.807, 2.05) is 47.4 Å². The largest absolute Gasteiger partial charge is 0.339 e. The van der Waals surface area contributed by atoms with Gasteiger partial charge in [-0.25, -0.2) is 0 Å². The lowest BCUT2D eigenvalue weighted by Crippen LogP contribution is -2.46. The Morgan fingerprint density at radius 2 is 1.52 bits per heavy atom. The van der Waals surface area contributed by atoms with E-state index in [0.29, 0.717) is 31.5 Å². The molecular formula is C21H21NO3. The van der Waals surface area contributed by atoms with Crippen molar-refractivity contribution in [3.8, 4) is 0 Å². The molecule has 2 aromatic carbocycles. The Balaban J connectivity index is 1.49. The number of nitrogens with zero attached hydrogens (tertiary/aromatic N) is 1.